The van der Waals surface area contributed by atoms with Crippen LogP contribution in [0.3, 0.4) is 0 Å². The van der Waals surface area contributed by atoms with Gasteiger partial charge in [0.1, 0.15) is 0 Å². The molecular weight excluding hydrogens is 312 g/mol. The predicted octanol–water partition coefficient (Wildman–Crippen LogP) is -0.499. The summed E-state index contributed by atoms with van der Waals surface area (Å²) >= 11 is 0. The van der Waals surface area contributed by atoms with Crippen molar-refractivity contribution in [3.8, 4) is 0 Å². The molecule has 0 unspecified atom stereocenters. The van der Waals surface area contributed by atoms with Crippen LogP contribution in [0.15, 0.2) is 10.6 Å². The van der Waals surface area contributed by atoms with Crippen molar-refractivity contribution in [2.24, 2.45) is 5.92 Å². The van der Waals surface area contributed by atoms with E-state index in [0.717, 1.165) is 26.3 Å². The fourth-order valence-electron chi connectivity index (χ4n) is 3.41. The lowest BCUT2D eigenvalue weighted by molar-refractivity contribution is 0.0305. The Bertz CT molecular complexity index is 556. The SMILES string of the molecule is CN(C)[C@@H]1CN(C(=O)c2cc(CN3CCOCC3)on2)C[C@H]1CO. The number of nitrogens with zero attached hydrogens (tertiary/aromatic N) is 4. The fourth-order valence-corrected chi connectivity index (χ4v) is 3.41. The molecule has 2 aliphatic heterocycles. The van der Waals surface area contributed by atoms with Crippen molar-refractivity contribution < 1.29 is 19.2 Å². The van der Waals surface area contributed by atoms with E-state index in [9.17, 15) is 9.90 Å². The fraction of sp³-hybridized carbons (Fsp3) is 0.750. The molecule has 0 saturated carbocycles. The molecule has 1 amide bonds. The summed E-state index contributed by atoms with van der Waals surface area (Å²) in [6.45, 7) is 5.03. The molecule has 0 spiro atoms. The van der Waals surface area contributed by atoms with Crippen molar-refractivity contribution in [2.75, 3.05) is 60.1 Å². The molecule has 2 atom stereocenters. The highest BCUT2D eigenvalue weighted by atomic mass is 16.5. The molecule has 1 aromatic rings. The Hall–Kier alpha value is -1.48. The summed E-state index contributed by atoms with van der Waals surface area (Å²) in [6, 6.07) is 1.90. The number of morpholine rings is 1. The lowest BCUT2D eigenvalue weighted by atomic mass is 10.0. The lowest BCUT2D eigenvalue weighted by Crippen LogP contribution is -2.37. The first-order valence-electron chi connectivity index (χ1n) is 8.40. The zero-order chi connectivity index (χ0) is 17.1. The highest BCUT2D eigenvalue weighted by molar-refractivity contribution is 5.92. The highest BCUT2D eigenvalue weighted by Gasteiger charge is 2.37. The number of carbonyl (C=O) groups excluding carboxylic acids is 1. The second-order valence-corrected chi connectivity index (χ2v) is 6.75. The Labute approximate surface area is 141 Å². The van der Waals surface area contributed by atoms with Crippen molar-refractivity contribution in [3.05, 3.63) is 17.5 Å². The smallest absolute Gasteiger partial charge is 0.276 e. The third kappa shape index (κ3) is 3.77. The van der Waals surface area contributed by atoms with Crippen LogP contribution in [-0.2, 0) is 11.3 Å². The summed E-state index contributed by atoms with van der Waals surface area (Å²) in [5, 5.41) is 13.5. The summed E-state index contributed by atoms with van der Waals surface area (Å²) < 4.78 is 10.7. The minimum Gasteiger partial charge on any atom is -0.396 e. The van der Waals surface area contributed by atoms with Crippen LogP contribution in [0.4, 0.5) is 0 Å². The van der Waals surface area contributed by atoms with Crippen LogP contribution in [0.25, 0.3) is 0 Å². The summed E-state index contributed by atoms with van der Waals surface area (Å²) in [7, 11) is 3.94. The second-order valence-electron chi connectivity index (χ2n) is 6.75. The molecule has 3 heterocycles. The molecule has 2 saturated heterocycles. The topological polar surface area (TPSA) is 82.3 Å². The van der Waals surface area contributed by atoms with E-state index in [-0.39, 0.29) is 24.5 Å². The molecule has 24 heavy (non-hydrogen) atoms. The van der Waals surface area contributed by atoms with Gasteiger partial charge >= 0.3 is 0 Å². The highest BCUT2D eigenvalue weighted by Crippen LogP contribution is 2.22. The first-order chi connectivity index (χ1) is 11.6. The van der Waals surface area contributed by atoms with Crippen LogP contribution >= 0.6 is 0 Å². The first kappa shape index (κ1) is 17.3. The van der Waals surface area contributed by atoms with Gasteiger partial charge in [-0.05, 0) is 14.1 Å². The summed E-state index contributed by atoms with van der Waals surface area (Å²) in [6.07, 6.45) is 0. The number of aromatic nitrogens is 1. The van der Waals surface area contributed by atoms with Crippen LogP contribution in [0.2, 0.25) is 0 Å². The maximum Gasteiger partial charge on any atom is 0.276 e. The van der Waals surface area contributed by atoms with Crippen molar-refractivity contribution >= 4 is 5.91 Å². The van der Waals surface area contributed by atoms with Gasteiger partial charge in [0, 0.05) is 50.8 Å². The van der Waals surface area contributed by atoms with E-state index < -0.39 is 0 Å². The minimum atomic E-state index is -0.130. The van der Waals surface area contributed by atoms with Crippen molar-refractivity contribution in [3.63, 3.8) is 0 Å². The van der Waals surface area contributed by atoms with E-state index in [4.69, 9.17) is 9.26 Å². The average molecular weight is 338 g/mol. The van der Waals surface area contributed by atoms with Crippen molar-refractivity contribution in [1.82, 2.24) is 19.9 Å². The summed E-state index contributed by atoms with van der Waals surface area (Å²) in [5.41, 5.74) is 0.342. The zero-order valence-electron chi connectivity index (χ0n) is 14.3. The van der Waals surface area contributed by atoms with Crippen LogP contribution in [-0.4, -0.2) is 97.0 Å². The van der Waals surface area contributed by atoms with E-state index in [0.29, 0.717) is 31.1 Å². The van der Waals surface area contributed by atoms with Gasteiger partial charge < -0.3 is 24.2 Å². The van der Waals surface area contributed by atoms with Gasteiger partial charge in [-0.2, -0.15) is 0 Å². The molecule has 0 aliphatic carbocycles. The molecule has 1 aromatic heterocycles. The Morgan fingerprint density at radius 1 is 1.38 bits per heavy atom. The molecule has 134 valence electrons. The Morgan fingerprint density at radius 3 is 2.75 bits per heavy atom. The van der Waals surface area contributed by atoms with Crippen LogP contribution < -0.4 is 0 Å². The van der Waals surface area contributed by atoms with Gasteiger partial charge in [-0.15, -0.1) is 0 Å². The summed E-state index contributed by atoms with van der Waals surface area (Å²) in [4.78, 5) is 18.7. The number of rotatable bonds is 5. The molecule has 2 aliphatic rings. The molecular formula is C16H26N4O4. The second kappa shape index (κ2) is 7.60. The Kier molecular flexibility index (Phi) is 5.50. The van der Waals surface area contributed by atoms with Crippen molar-refractivity contribution in [1.29, 1.82) is 0 Å². The van der Waals surface area contributed by atoms with E-state index in [2.05, 4.69) is 15.0 Å². The molecule has 8 heteroatoms. The Morgan fingerprint density at radius 2 is 2.12 bits per heavy atom. The molecule has 3 rings (SSSR count). The molecule has 2 fully saturated rings. The monoisotopic (exact) mass is 338 g/mol. The van der Waals surface area contributed by atoms with Gasteiger partial charge in [0.25, 0.3) is 5.91 Å². The molecule has 8 nitrogen and oxygen atoms in total. The average Bonchev–Trinajstić information content (AvgIpc) is 3.22. The van der Waals surface area contributed by atoms with Crippen LogP contribution in [0.5, 0.6) is 0 Å². The van der Waals surface area contributed by atoms with E-state index in [1.165, 1.54) is 0 Å². The first-order valence-corrected chi connectivity index (χ1v) is 8.40. The Balaban J connectivity index is 1.61. The van der Waals surface area contributed by atoms with Gasteiger partial charge in [-0.1, -0.05) is 5.16 Å². The number of ether oxygens (including phenoxy) is 1. The van der Waals surface area contributed by atoms with Crippen LogP contribution in [0, 0.1) is 5.92 Å². The number of amides is 1. The number of hydrogen-bond donors (Lipinski definition) is 1. The lowest BCUT2D eigenvalue weighted by Gasteiger charge is -2.25. The van der Waals surface area contributed by atoms with Gasteiger partial charge in [0.05, 0.1) is 19.8 Å². The third-order valence-corrected chi connectivity index (χ3v) is 4.85. The number of aliphatic hydroxyl groups is 1. The molecule has 0 radical (unpaired) electrons. The minimum absolute atomic E-state index is 0.0728. The maximum atomic E-state index is 12.7. The summed E-state index contributed by atoms with van der Waals surface area (Å²) in [5.74, 6) is 0.640. The van der Waals surface area contributed by atoms with Crippen LogP contribution in [0.1, 0.15) is 16.2 Å². The number of likely N-dealkylation sites (N-methyl/N-ethyl adjacent to an activating group) is 1. The third-order valence-electron chi connectivity index (χ3n) is 4.85. The van der Waals surface area contributed by atoms with Gasteiger partial charge in [0.2, 0.25) is 0 Å². The predicted molar refractivity (Wildman–Crippen MR) is 86.6 cm³/mol. The largest absolute Gasteiger partial charge is 0.396 e. The zero-order valence-corrected chi connectivity index (χ0v) is 14.3. The van der Waals surface area contributed by atoms with Crippen molar-refractivity contribution in [2.45, 2.75) is 12.6 Å². The van der Waals surface area contributed by atoms with E-state index >= 15 is 0 Å². The number of aliphatic hydroxyl groups excluding tert-OH is 1. The molecule has 0 bridgehead atoms. The maximum absolute atomic E-state index is 12.7. The molecule has 0 aromatic carbocycles. The van der Waals surface area contributed by atoms with Gasteiger partial charge in [-0.3, -0.25) is 9.69 Å². The quantitative estimate of drug-likeness (QED) is 0.775. The van der Waals surface area contributed by atoms with E-state index in [1.54, 1.807) is 11.0 Å². The number of carbonyl (C=O) groups is 1. The number of likely N-dealkylation sites (tertiary alicyclic amines) is 1. The standard InChI is InChI=1S/C16H26N4O4/c1-18(2)15-10-20(8-12(15)11-21)16(22)14-7-13(24-17-14)9-19-3-5-23-6-4-19/h7,12,15,21H,3-6,8-11H2,1-2H3/t12-,15+/m0/s1. The number of hydrogen-bond acceptors (Lipinski definition) is 7. The van der Waals surface area contributed by atoms with Gasteiger partial charge in [-0.25, -0.2) is 0 Å². The normalized spacial score (nSPS) is 25.6. The van der Waals surface area contributed by atoms with E-state index in [1.807, 2.05) is 14.1 Å². The van der Waals surface area contributed by atoms with Gasteiger partial charge in [0.15, 0.2) is 11.5 Å². The molecule has 1 N–H and O–H groups in total.